The van der Waals surface area contributed by atoms with Crippen molar-refractivity contribution in [2.45, 2.75) is 59.4 Å². The van der Waals surface area contributed by atoms with Gasteiger partial charge in [0.15, 0.2) is 0 Å². The molecule has 0 aliphatic rings. The van der Waals surface area contributed by atoms with E-state index in [0.29, 0.717) is 24.6 Å². The summed E-state index contributed by atoms with van der Waals surface area (Å²) in [6, 6.07) is 9.65. The maximum atomic E-state index is 12.3. The van der Waals surface area contributed by atoms with Gasteiger partial charge in [0.2, 0.25) is 0 Å². The Labute approximate surface area is 159 Å². The van der Waals surface area contributed by atoms with E-state index in [9.17, 15) is 14.4 Å². The van der Waals surface area contributed by atoms with E-state index < -0.39 is 30.3 Å². The summed E-state index contributed by atoms with van der Waals surface area (Å²) < 4.78 is 15.4. The number of nitrogens with zero attached hydrogens (tertiary/aromatic N) is 1. The van der Waals surface area contributed by atoms with Crippen molar-refractivity contribution in [1.82, 2.24) is 10.4 Å². The fraction of sp³-hybridized carbons (Fsp3) is 0.526. The lowest BCUT2D eigenvalue weighted by Gasteiger charge is -2.22. The van der Waals surface area contributed by atoms with Gasteiger partial charge in [-0.15, -0.1) is 5.01 Å². The smallest absolute Gasteiger partial charge is 0.436 e. The number of rotatable bonds is 8. The predicted octanol–water partition coefficient (Wildman–Crippen LogP) is 3.41. The minimum Gasteiger partial charge on any atom is -0.446 e. The first-order valence-electron chi connectivity index (χ1n) is 8.92. The van der Waals surface area contributed by atoms with Crippen LogP contribution in [0.2, 0.25) is 0 Å². The second-order valence-electron chi connectivity index (χ2n) is 6.37. The zero-order valence-corrected chi connectivity index (χ0v) is 16.3. The summed E-state index contributed by atoms with van der Waals surface area (Å²) in [7, 11) is 0. The molecule has 0 fully saturated rings. The molecule has 1 aromatic rings. The van der Waals surface area contributed by atoms with Crippen LogP contribution in [0.1, 0.15) is 46.1 Å². The van der Waals surface area contributed by atoms with Crippen molar-refractivity contribution in [3.05, 3.63) is 35.9 Å². The third kappa shape index (κ3) is 9.60. The molecule has 0 saturated heterocycles. The van der Waals surface area contributed by atoms with E-state index in [2.05, 4.69) is 5.43 Å². The van der Waals surface area contributed by atoms with Crippen LogP contribution in [0.25, 0.3) is 0 Å². The molecule has 0 saturated carbocycles. The van der Waals surface area contributed by atoms with Gasteiger partial charge in [-0.3, -0.25) is 4.79 Å². The van der Waals surface area contributed by atoms with E-state index in [1.54, 1.807) is 27.7 Å². The highest BCUT2D eigenvalue weighted by Crippen LogP contribution is 2.05. The molecule has 1 aromatic carbocycles. The third-order valence-electron chi connectivity index (χ3n) is 3.11. The number of carbonyl (C=O) groups is 3. The predicted molar refractivity (Wildman–Crippen MR) is 98.5 cm³/mol. The molecule has 150 valence electrons. The average Bonchev–Trinajstić information content (AvgIpc) is 2.58. The van der Waals surface area contributed by atoms with Crippen molar-refractivity contribution in [3.8, 4) is 0 Å². The summed E-state index contributed by atoms with van der Waals surface area (Å²) >= 11 is 0. The molecular formula is C19H28N2O6. The largest absolute Gasteiger partial charge is 0.446 e. The fourth-order valence-corrected chi connectivity index (χ4v) is 2.00. The third-order valence-corrected chi connectivity index (χ3v) is 3.11. The second-order valence-corrected chi connectivity index (χ2v) is 6.37. The van der Waals surface area contributed by atoms with Gasteiger partial charge in [0.25, 0.3) is 5.91 Å². The van der Waals surface area contributed by atoms with Crippen LogP contribution in [0.5, 0.6) is 0 Å². The van der Waals surface area contributed by atoms with Gasteiger partial charge in [0.1, 0.15) is 0 Å². The number of amides is 3. The van der Waals surface area contributed by atoms with Crippen molar-refractivity contribution in [1.29, 1.82) is 0 Å². The first kappa shape index (κ1) is 22.4. The highest BCUT2D eigenvalue weighted by atomic mass is 16.6. The first-order valence-corrected chi connectivity index (χ1v) is 8.92. The molecular weight excluding hydrogens is 352 g/mol. The SMILES string of the molecule is CC(C)OC(=O)NN(C(=O)CCCOCc1ccccc1)C(=O)OC(C)C. The standard InChI is InChI=1S/C19H28N2O6/c1-14(2)26-18(23)20-21(19(24)27-15(3)4)17(22)11-8-12-25-13-16-9-6-5-7-10-16/h5-7,9-10,14-15H,8,11-13H2,1-4H3,(H,20,23). The quantitative estimate of drug-likeness (QED) is 0.549. The van der Waals surface area contributed by atoms with Crippen molar-refractivity contribution in [3.63, 3.8) is 0 Å². The Bertz CT molecular complexity index is 603. The number of carbonyl (C=O) groups excluding carboxylic acids is 3. The number of ether oxygens (including phenoxy) is 3. The highest BCUT2D eigenvalue weighted by molar-refractivity contribution is 5.93. The molecule has 0 aromatic heterocycles. The minimum atomic E-state index is -0.957. The van der Waals surface area contributed by atoms with Crippen LogP contribution in [-0.2, 0) is 25.6 Å². The second kappa shape index (κ2) is 11.9. The average molecular weight is 380 g/mol. The van der Waals surface area contributed by atoms with Crippen molar-refractivity contribution < 1.29 is 28.6 Å². The number of benzene rings is 1. The first-order chi connectivity index (χ1) is 12.8. The van der Waals surface area contributed by atoms with Gasteiger partial charge in [0, 0.05) is 13.0 Å². The van der Waals surface area contributed by atoms with Gasteiger partial charge in [-0.25, -0.2) is 15.0 Å². The van der Waals surface area contributed by atoms with Crippen LogP contribution in [0, 0.1) is 0 Å². The Morgan fingerprint density at radius 3 is 2.22 bits per heavy atom. The Morgan fingerprint density at radius 1 is 1.00 bits per heavy atom. The maximum Gasteiger partial charge on any atom is 0.436 e. The molecule has 3 amide bonds. The van der Waals surface area contributed by atoms with E-state index in [4.69, 9.17) is 14.2 Å². The lowest BCUT2D eigenvalue weighted by Crippen LogP contribution is -2.51. The minimum absolute atomic E-state index is 0.00391. The molecule has 8 heteroatoms. The Balaban J connectivity index is 2.48. The van der Waals surface area contributed by atoms with Gasteiger partial charge in [-0.2, -0.15) is 0 Å². The summed E-state index contributed by atoms with van der Waals surface area (Å²) in [5, 5.41) is 0.544. The summed E-state index contributed by atoms with van der Waals surface area (Å²) in [5.41, 5.74) is 3.16. The number of nitrogens with one attached hydrogen (secondary N) is 1. The molecule has 27 heavy (non-hydrogen) atoms. The Kier molecular flexibility index (Phi) is 9.89. The monoisotopic (exact) mass is 380 g/mol. The fourth-order valence-electron chi connectivity index (χ4n) is 2.00. The number of imide groups is 1. The maximum absolute atomic E-state index is 12.3. The molecule has 8 nitrogen and oxygen atoms in total. The molecule has 0 bridgehead atoms. The van der Waals surface area contributed by atoms with Crippen LogP contribution in [-0.4, -0.2) is 41.9 Å². The number of hydrogen-bond donors (Lipinski definition) is 1. The van der Waals surface area contributed by atoms with Gasteiger partial charge < -0.3 is 14.2 Å². The summed E-state index contributed by atoms with van der Waals surface area (Å²) in [6.07, 6.45) is -2.30. The van der Waals surface area contributed by atoms with E-state index in [1.807, 2.05) is 30.3 Å². The molecule has 0 atom stereocenters. The van der Waals surface area contributed by atoms with Crippen molar-refractivity contribution >= 4 is 18.1 Å². The van der Waals surface area contributed by atoms with Crippen LogP contribution in [0.3, 0.4) is 0 Å². The molecule has 1 N–H and O–H groups in total. The van der Waals surface area contributed by atoms with E-state index in [0.717, 1.165) is 5.56 Å². The molecule has 0 heterocycles. The van der Waals surface area contributed by atoms with Crippen LogP contribution >= 0.6 is 0 Å². The van der Waals surface area contributed by atoms with Crippen molar-refractivity contribution in [2.75, 3.05) is 6.61 Å². The van der Waals surface area contributed by atoms with Gasteiger partial charge >= 0.3 is 12.2 Å². The molecule has 1 rings (SSSR count). The Morgan fingerprint density at radius 2 is 1.63 bits per heavy atom. The van der Waals surface area contributed by atoms with Gasteiger partial charge in [-0.05, 0) is 39.7 Å². The van der Waals surface area contributed by atoms with Crippen LogP contribution in [0.4, 0.5) is 9.59 Å². The zero-order chi connectivity index (χ0) is 20.2. The zero-order valence-electron chi connectivity index (χ0n) is 16.3. The number of hydrogen-bond acceptors (Lipinski definition) is 6. The lowest BCUT2D eigenvalue weighted by atomic mass is 10.2. The van der Waals surface area contributed by atoms with Gasteiger partial charge in [0.05, 0.1) is 18.8 Å². The lowest BCUT2D eigenvalue weighted by molar-refractivity contribution is -0.132. The normalized spacial score (nSPS) is 10.6. The molecule has 0 unspecified atom stereocenters. The summed E-state index contributed by atoms with van der Waals surface area (Å²) in [5.74, 6) is -0.607. The number of hydrazine groups is 1. The van der Waals surface area contributed by atoms with E-state index in [1.165, 1.54) is 0 Å². The summed E-state index contributed by atoms with van der Waals surface area (Å²) in [6.45, 7) is 7.37. The molecule has 0 radical (unpaired) electrons. The Hall–Kier alpha value is -2.61. The van der Waals surface area contributed by atoms with E-state index >= 15 is 0 Å². The van der Waals surface area contributed by atoms with Crippen LogP contribution < -0.4 is 5.43 Å². The van der Waals surface area contributed by atoms with Crippen molar-refractivity contribution in [2.24, 2.45) is 0 Å². The molecule has 0 aliphatic carbocycles. The molecule has 0 aliphatic heterocycles. The highest BCUT2D eigenvalue weighted by Gasteiger charge is 2.26. The van der Waals surface area contributed by atoms with E-state index in [-0.39, 0.29) is 6.42 Å². The van der Waals surface area contributed by atoms with Gasteiger partial charge in [-0.1, -0.05) is 30.3 Å². The molecule has 0 spiro atoms. The van der Waals surface area contributed by atoms with Crippen LogP contribution in [0.15, 0.2) is 30.3 Å². The topological polar surface area (TPSA) is 94.2 Å². The summed E-state index contributed by atoms with van der Waals surface area (Å²) in [4.78, 5) is 36.1.